The third kappa shape index (κ3) is 2.75. The molecular formula is C20H32O5. The second-order valence-electron chi connectivity index (χ2n) is 9.18. The molecule has 7 atom stereocenters. The fourth-order valence-electron chi connectivity index (χ4n) is 5.92. The van der Waals surface area contributed by atoms with Gasteiger partial charge in [-0.1, -0.05) is 25.5 Å². The van der Waals surface area contributed by atoms with Crippen LogP contribution in [-0.2, 0) is 9.53 Å². The summed E-state index contributed by atoms with van der Waals surface area (Å²) in [6.45, 7) is 10.2. The van der Waals surface area contributed by atoms with Crippen molar-refractivity contribution in [1.82, 2.24) is 0 Å². The van der Waals surface area contributed by atoms with E-state index in [-0.39, 0.29) is 23.9 Å². The van der Waals surface area contributed by atoms with Gasteiger partial charge in [-0.05, 0) is 63.2 Å². The molecule has 0 spiro atoms. The van der Waals surface area contributed by atoms with Crippen molar-refractivity contribution in [3.8, 4) is 0 Å². The van der Waals surface area contributed by atoms with Gasteiger partial charge in [-0.15, -0.1) is 0 Å². The molecule has 0 aromatic rings. The molecule has 0 unspecified atom stereocenters. The highest BCUT2D eigenvalue weighted by Crippen LogP contribution is 2.62. The minimum atomic E-state index is -1.27. The first-order valence-corrected chi connectivity index (χ1v) is 9.46. The molecule has 2 aliphatic carbocycles. The molecule has 0 radical (unpaired) electrons. The van der Waals surface area contributed by atoms with Gasteiger partial charge in [-0.25, -0.2) is 0 Å². The lowest BCUT2D eigenvalue weighted by molar-refractivity contribution is -0.165. The van der Waals surface area contributed by atoms with E-state index in [2.05, 4.69) is 13.5 Å². The van der Waals surface area contributed by atoms with Gasteiger partial charge in [0.1, 0.15) is 11.7 Å². The summed E-state index contributed by atoms with van der Waals surface area (Å²) in [4.78, 5) is 12.0. The number of carboxylic acid groups (broad SMARTS) is 1. The molecule has 5 heteroatoms. The van der Waals surface area contributed by atoms with E-state index in [0.717, 1.165) is 37.7 Å². The lowest BCUT2D eigenvalue weighted by Crippen LogP contribution is -2.55. The van der Waals surface area contributed by atoms with Crippen LogP contribution in [0.2, 0.25) is 0 Å². The van der Waals surface area contributed by atoms with Crippen molar-refractivity contribution in [1.29, 1.82) is 0 Å². The van der Waals surface area contributed by atoms with E-state index >= 15 is 0 Å². The third-order valence-corrected chi connectivity index (χ3v) is 7.74. The molecule has 3 rings (SSSR count). The summed E-state index contributed by atoms with van der Waals surface area (Å²) in [5.74, 6) is -0.501. The number of aliphatic hydroxyl groups is 2. The molecule has 1 saturated heterocycles. The topological polar surface area (TPSA) is 87.0 Å². The fourth-order valence-corrected chi connectivity index (χ4v) is 5.92. The summed E-state index contributed by atoms with van der Waals surface area (Å²) in [5.41, 5.74) is -0.999. The molecule has 142 valence electrons. The van der Waals surface area contributed by atoms with E-state index < -0.39 is 29.2 Å². The number of rotatable bonds is 3. The molecule has 2 saturated carbocycles. The Kier molecular flexibility index (Phi) is 4.58. The van der Waals surface area contributed by atoms with E-state index in [1.54, 1.807) is 6.92 Å². The average molecular weight is 352 g/mol. The van der Waals surface area contributed by atoms with Crippen LogP contribution in [0.25, 0.3) is 0 Å². The highest BCUT2D eigenvalue weighted by atomic mass is 16.5. The average Bonchev–Trinajstić information content (AvgIpc) is 2.76. The Morgan fingerprint density at radius 2 is 2.00 bits per heavy atom. The van der Waals surface area contributed by atoms with Gasteiger partial charge in [0, 0.05) is 0 Å². The minimum absolute atomic E-state index is 0.0954. The van der Waals surface area contributed by atoms with Crippen LogP contribution in [0.5, 0.6) is 0 Å². The van der Waals surface area contributed by atoms with Crippen molar-refractivity contribution >= 4 is 5.97 Å². The van der Waals surface area contributed by atoms with Crippen LogP contribution in [0.15, 0.2) is 12.2 Å². The highest BCUT2D eigenvalue weighted by molar-refractivity contribution is 5.75. The number of aliphatic hydroxyl groups excluding tert-OH is 1. The molecule has 25 heavy (non-hydrogen) atoms. The summed E-state index contributed by atoms with van der Waals surface area (Å²) in [6, 6.07) is 0. The first-order valence-electron chi connectivity index (χ1n) is 9.46. The number of hydrogen-bond donors (Lipinski definition) is 3. The molecular weight excluding hydrogens is 320 g/mol. The number of fused-ring (bicyclic) bond motifs is 1. The van der Waals surface area contributed by atoms with Gasteiger partial charge in [-0.2, -0.15) is 0 Å². The van der Waals surface area contributed by atoms with E-state index in [9.17, 15) is 20.1 Å². The summed E-state index contributed by atoms with van der Waals surface area (Å²) < 4.78 is 5.70. The molecule has 0 amide bonds. The van der Waals surface area contributed by atoms with Crippen molar-refractivity contribution in [2.45, 2.75) is 77.1 Å². The van der Waals surface area contributed by atoms with Gasteiger partial charge in [-0.3, -0.25) is 4.79 Å². The largest absolute Gasteiger partial charge is 0.481 e. The first-order chi connectivity index (χ1) is 11.5. The number of hydrogen-bond acceptors (Lipinski definition) is 4. The molecule has 1 heterocycles. The molecule has 3 fully saturated rings. The Balaban J connectivity index is 1.90. The Morgan fingerprint density at radius 1 is 1.32 bits per heavy atom. The van der Waals surface area contributed by atoms with Crippen molar-refractivity contribution in [3.63, 3.8) is 0 Å². The Hall–Kier alpha value is -0.910. The molecule has 5 nitrogen and oxygen atoms in total. The zero-order chi connectivity index (χ0) is 18.6. The van der Waals surface area contributed by atoms with Crippen LogP contribution in [0.3, 0.4) is 0 Å². The Bertz CT molecular complexity index is 570. The van der Waals surface area contributed by atoms with Crippen molar-refractivity contribution < 1.29 is 24.9 Å². The van der Waals surface area contributed by atoms with Gasteiger partial charge in [0.2, 0.25) is 0 Å². The summed E-state index contributed by atoms with van der Waals surface area (Å²) in [6.07, 6.45) is 3.53. The Morgan fingerprint density at radius 3 is 2.56 bits per heavy atom. The zero-order valence-electron chi connectivity index (χ0n) is 15.6. The van der Waals surface area contributed by atoms with Crippen LogP contribution in [0.1, 0.15) is 59.3 Å². The molecule has 1 aliphatic heterocycles. The summed E-state index contributed by atoms with van der Waals surface area (Å²) >= 11 is 0. The maximum atomic E-state index is 12.0. The zero-order valence-corrected chi connectivity index (χ0v) is 15.6. The third-order valence-electron chi connectivity index (χ3n) is 7.74. The minimum Gasteiger partial charge on any atom is -0.481 e. The maximum absolute atomic E-state index is 12.0. The number of aliphatic carboxylic acids is 1. The van der Waals surface area contributed by atoms with Gasteiger partial charge in [0.15, 0.2) is 0 Å². The molecule has 0 aromatic carbocycles. The lowest BCUT2D eigenvalue weighted by atomic mass is 9.46. The second-order valence-corrected chi connectivity index (χ2v) is 9.18. The predicted molar refractivity (Wildman–Crippen MR) is 94.0 cm³/mol. The SMILES string of the molecule is C=C1CC[C@@H]2[C@](C)(CCC[C@]2(C)C(=O)O)[C@H]1C[C@@H]1OC[C@@H](O)[C@@]1(C)O. The molecule has 0 aromatic heterocycles. The van der Waals surface area contributed by atoms with Crippen LogP contribution >= 0.6 is 0 Å². The molecule has 3 aliphatic rings. The van der Waals surface area contributed by atoms with E-state index in [1.165, 1.54) is 0 Å². The van der Waals surface area contributed by atoms with Crippen molar-refractivity contribution in [3.05, 3.63) is 12.2 Å². The van der Waals surface area contributed by atoms with Gasteiger partial charge < -0.3 is 20.1 Å². The van der Waals surface area contributed by atoms with Crippen molar-refractivity contribution in [2.24, 2.45) is 22.7 Å². The predicted octanol–water partition coefficient (Wildman–Crippen LogP) is 2.75. The van der Waals surface area contributed by atoms with Crippen LogP contribution < -0.4 is 0 Å². The smallest absolute Gasteiger partial charge is 0.309 e. The molecule has 0 bridgehead atoms. The van der Waals surface area contributed by atoms with Gasteiger partial charge >= 0.3 is 5.97 Å². The summed E-state index contributed by atoms with van der Waals surface area (Å²) in [7, 11) is 0. The quantitative estimate of drug-likeness (QED) is 0.680. The van der Waals surface area contributed by atoms with E-state index in [4.69, 9.17) is 4.74 Å². The molecule has 3 N–H and O–H groups in total. The van der Waals surface area contributed by atoms with Crippen LogP contribution in [0, 0.1) is 22.7 Å². The number of ether oxygens (including phenoxy) is 1. The number of carbonyl (C=O) groups is 1. The fraction of sp³-hybridized carbons (Fsp3) is 0.850. The number of allylic oxidation sites excluding steroid dienone is 1. The first kappa shape index (κ1) is 18.9. The van der Waals surface area contributed by atoms with Gasteiger partial charge in [0.25, 0.3) is 0 Å². The standard InChI is InChI=1S/C20H32O5/c1-12-6-7-14-18(2,8-5-9-19(14,3)17(22)23)13(12)10-16-20(4,24)15(21)11-25-16/h13-16,21,24H,1,5-11H2,2-4H3,(H,22,23)/t13-,14+,15+,16-,18+,19-,20+/m0/s1. The highest BCUT2D eigenvalue weighted by Gasteiger charge is 2.59. The second kappa shape index (κ2) is 6.07. The normalized spacial score (nSPS) is 50.5. The van der Waals surface area contributed by atoms with Crippen molar-refractivity contribution in [2.75, 3.05) is 6.61 Å². The van der Waals surface area contributed by atoms with E-state index in [1.807, 2.05) is 6.92 Å². The van der Waals surface area contributed by atoms with Crippen LogP contribution in [0.4, 0.5) is 0 Å². The van der Waals surface area contributed by atoms with Gasteiger partial charge in [0.05, 0.1) is 18.1 Å². The maximum Gasteiger partial charge on any atom is 0.309 e. The summed E-state index contributed by atoms with van der Waals surface area (Å²) in [5, 5.41) is 30.5. The van der Waals surface area contributed by atoms with E-state index in [0.29, 0.717) is 6.42 Å². The number of carboxylic acids is 1. The van der Waals surface area contributed by atoms with Crippen LogP contribution in [-0.4, -0.2) is 45.7 Å². The Labute approximate surface area is 150 Å². The lowest BCUT2D eigenvalue weighted by Gasteiger charge is -2.57. The monoisotopic (exact) mass is 352 g/mol.